The molecule has 0 bridgehead atoms. The zero-order valence-electron chi connectivity index (χ0n) is 11.9. The Labute approximate surface area is 140 Å². The number of hydrogen-bond acceptors (Lipinski definition) is 4. The van der Waals surface area contributed by atoms with Crippen LogP contribution in [0.5, 0.6) is 0 Å². The van der Waals surface area contributed by atoms with Crippen LogP contribution in [0, 0.1) is 0 Å². The van der Waals surface area contributed by atoms with Gasteiger partial charge in [0.25, 0.3) is 0 Å². The van der Waals surface area contributed by atoms with Gasteiger partial charge in [-0.15, -0.1) is 11.3 Å². The Morgan fingerprint density at radius 1 is 1.13 bits per heavy atom. The number of imidazole rings is 1. The first kappa shape index (κ1) is 14.2. The number of pyridine rings is 1. The highest BCUT2D eigenvalue weighted by atomic mass is 35.5. The van der Waals surface area contributed by atoms with E-state index in [1.807, 2.05) is 53.2 Å². The van der Waals surface area contributed by atoms with Crippen LogP contribution >= 0.6 is 22.9 Å². The van der Waals surface area contributed by atoms with Crippen LogP contribution in [0.25, 0.3) is 17.2 Å². The van der Waals surface area contributed by atoms with Crippen LogP contribution in [0.2, 0.25) is 4.47 Å². The fraction of sp³-hybridized carbons (Fsp3) is 0.0625. The van der Waals surface area contributed by atoms with Gasteiger partial charge in [-0.3, -0.25) is 4.57 Å². The van der Waals surface area contributed by atoms with E-state index in [9.17, 15) is 4.79 Å². The predicted octanol–water partition coefficient (Wildman–Crippen LogP) is 3.30. The van der Waals surface area contributed by atoms with Gasteiger partial charge in [0.15, 0.2) is 10.3 Å². The van der Waals surface area contributed by atoms with Crippen molar-refractivity contribution >= 4 is 22.9 Å². The summed E-state index contributed by atoms with van der Waals surface area (Å²) in [5.41, 5.74) is 1.30. The summed E-state index contributed by atoms with van der Waals surface area (Å²) in [4.78, 5) is 21.6. The Hall–Kier alpha value is -2.44. The van der Waals surface area contributed by atoms with E-state index in [2.05, 4.69) is 9.97 Å². The van der Waals surface area contributed by atoms with Gasteiger partial charge in [0.05, 0.1) is 17.9 Å². The van der Waals surface area contributed by atoms with Crippen LogP contribution in [-0.2, 0) is 6.54 Å². The SMILES string of the molecule is O=c1nc2n(Cc3cnc(Cl)s3)cccc-2n1-c1ccccc1. The molecular weight excluding hydrogens is 332 g/mol. The lowest BCUT2D eigenvalue weighted by molar-refractivity contribution is 0.792. The molecule has 0 atom stereocenters. The fourth-order valence-corrected chi connectivity index (χ4v) is 3.53. The third-order valence-electron chi connectivity index (χ3n) is 3.52. The number of hydrogen-bond donors (Lipinski definition) is 0. The molecule has 0 fully saturated rings. The van der Waals surface area contributed by atoms with E-state index in [0.717, 1.165) is 16.3 Å². The van der Waals surface area contributed by atoms with Crippen LogP contribution in [0.4, 0.5) is 0 Å². The molecule has 7 heteroatoms. The van der Waals surface area contributed by atoms with E-state index in [1.54, 1.807) is 10.8 Å². The fourth-order valence-electron chi connectivity index (χ4n) is 2.55. The summed E-state index contributed by atoms with van der Waals surface area (Å²) in [6, 6.07) is 13.3. The smallest absolute Gasteiger partial charge is 0.326 e. The third kappa shape index (κ3) is 2.56. The minimum atomic E-state index is -0.284. The van der Waals surface area contributed by atoms with Crippen LogP contribution in [0.3, 0.4) is 0 Å². The zero-order chi connectivity index (χ0) is 15.8. The molecule has 2 aromatic rings. The third-order valence-corrected chi connectivity index (χ3v) is 4.62. The summed E-state index contributed by atoms with van der Waals surface area (Å²) >= 11 is 7.30. The van der Waals surface area contributed by atoms with Crippen molar-refractivity contribution < 1.29 is 0 Å². The van der Waals surface area contributed by atoms with Crippen molar-refractivity contribution in [1.29, 1.82) is 0 Å². The average molecular weight is 343 g/mol. The maximum absolute atomic E-state index is 12.4. The molecule has 23 heavy (non-hydrogen) atoms. The summed E-state index contributed by atoms with van der Waals surface area (Å²) < 4.78 is 4.05. The number of para-hydroxylation sites is 1. The maximum atomic E-state index is 12.4. The van der Waals surface area contributed by atoms with Crippen molar-refractivity contribution in [3.05, 3.63) is 74.7 Å². The predicted molar refractivity (Wildman–Crippen MR) is 90.7 cm³/mol. The quantitative estimate of drug-likeness (QED) is 0.574. The molecule has 1 aromatic heterocycles. The van der Waals surface area contributed by atoms with E-state index >= 15 is 0 Å². The Morgan fingerprint density at radius 2 is 1.96 bits per heavy atom. The highest BCUT2D eigenvalue weighted by Gasteiger charge is 2.18. The van der Waals surface area contributed by atoms with Crippen LogP contribution in [0.15, 0.2) is 59.7 Å². The number of rotatable bonds is 3. The van der Waals surface area contributed by atoms with Crippen molar-refractivity contribution in [2.75, 3.05) is 0 Å². The Morgan fingerprint density at radius 3 is 2.70 bits per heavy atom. The van der Waals surface area contributed by atoms with Crippen LogP contribution in [-0.4, -0.2) is 19.1 Å². The van der Waals surface area contributed by atoms with Crippen LogP contribution < -0.4 is 5.69 Å². The van der Waals surface area contributed by atoms with Gasteiger partial charge >= 0.3 is 5.69 Å². The molecule has 114 valence electrons. The topological polar surface area (TPSA) is 52.7 Å². The van der Waals surface area contributed by atoms with E-state index in [0.29, 0.717) is 16.8 Å². The second-order valence-electron chi connectivity index (χ2n) is 4.99. The second kappa shape index (κ2) is 5.64. The minimum Gasteiger partial charge on any atom is -0.326 e. The monoisotopic (exact) mass is 342 g/mol. The minimum absolute atomic E-state index is 0.284. The van der Waals surface area contributed by atoms with Gasteiger partial charge in [0.1, 0.15) is 0 Å². The molecule has 0 unspecified atom stereocenters. The van der Waals surface area contributed by atoms with Crippen molar-refractivity contribution in [2.45, 2.75) is 6.54 Å². The highest BCUT2D eigenvalue weighted by molar-refractivity contribution is 7.15. The molecule has 0 saturated carbocycles. The first-order chi connectivity index (χ1) is 11.2. The van der Waals surface area contributed by atoms with Gasteiger partial charge in [-0.2, -0.15) is 4.98 Å². The molecular formula is C16H11ClN4OS. The highest BCUT2D eigenvalue weighted by Crippen LogP contribution is 2.24. The summed E-state index contributed by atoms with van der Waals surface area (Å²) in [6.07, 6.45) is 3.64. The number of fused-ring (bicyclic) bond motifs is 1. The molecule has 2 aliphatic rings. The lowest BCUT2D eigenvalue weighted by Crippen LogP contribution is -2.14. The van der Waals surface area contributed by atoms with Gasteiger partial charge in [-0.05, 0) is 24.3 Å². The van der Waals surface area contributed by atoms with E-state index in [1.165, 1.54) is 11.3 Å². The Balaban J connectivity index is 1.82. The largest absolute Gasteiger partial charge is 0.354 e. The van der Waals surface area contributed by atoms with Crippen LogP contribution in [0.1, 0.15) is 4.88 Å². The summed E-state index contributed by atoms with van der Waals surface area (Å²) in [7, 11) is 0. The maximum Gasteiger partial charge on any atom is 0.354 e. The number of benzene rings is 1. The van der Waals surface area contributed by atoms with E-state index < -0.39 is 0 Å². The van der Waals surface area contributed by atoms with E-state index in [-0.39, 0.29) is 5.69 Å². The first-order valence-corrected chi connectivity index (χ1v) is 8.15. The molecule has 0 N–H and O–H groups in total. The second-order valence-corrected chi connectivity index (χ2v) is 6.69. The first-order valence-electron chi connectivity index (χ1n) is 6.96. The van der Waals surface area contributed by atoms with Gasteiger partial charge < -0.3 is 4.57 Å². The number of halogens is 1. The Bertz CT molecular complexity index is 989. The molecule has 0 radical (unpaired) electrons. The number of nitrogens with zero attached hydrogens (tertiary/aromatic N) is 4. The van der Waals surface area contributed by atoms with Gasteiger partial charge in [-0.1, -0.05) is 29.8 Å². The van der Waals surface area contributed by atoms with E-state index in [4.69, 9.17) is 11.6 Å². The molecule has 2 aliphatic heterocycles. The standard InChI is InChI=1S/C16H11ClN4OS/c17-15-18-9-12(23-15)10-20-8-4-7-13-14(20)19-16(22)21(13)11-5-2-1-3-6-11/h1-9H,10H2. The van der Waals surface area contributed by atoms with Gasteiger partial charge in [0, 0.05) is 17.3 Å². The summed E-state index contributed by atoms with van der Waals surface area (Å²) in [6.45, 7) is 0.576. The normalized spacial score (nSPS) is 11.2. The molecule has 5 nitrogen and oxygen atoms in total. The van der Waals surface area contributed by atoms with Crippen molar-refractivity contribution in [1.82, 2.24) is 19.1 Å². The molecule has 1 aromatic carbocycles. The molecule has 0 saturated heterocycles. The van der Waals surface area contributed by atoms with Gasteiger partial charge in [0.2, 0.25) is 0 Å². The number of aromatic nitrogens is 4. The molecule has 0 aliphatic carbocycles. The van der Waals surface area contributed by atoms with Crippen molar-refractivity contribution in [2.24, 2.45) is 0 Å². The average Bonchev–Trinajstić information content (AvgIpc) is 3.11. The molecule has 4 rings (SSSR count). The number of thiazole rings is 1. The molecule has 3 heterocycles. The Kier molecular flexibility index (Phi) is 3.48. The van der Waals surface area contributed by atoms with Crippen molar-refractivity contribution in [3.8, 4) is 17.2 Å². The lowest BCUT2D eigenvalue weighted by atomic mass is 10.2. The molecule has 0 amide bonds. The molecule has 0 spiro atoms. The summed E-state index contributed by atoms with van der Waals surface area (Å²) in [5, 5.41) is 0. The van der Waals surface area contributed by atoms with Crippen molar-refractivity contribution in [3.63, 3.8) is 0 Å². The van der Waals surface area contributed by atoms with Gasteiger partial charge in [-0.25, -0.2) is 9.78 Å². The summed E-state index contributed by atoms with van der Waals surface area (Å²) in [5.74, 6) is 0.644. The lowest BCUT2D eigenvalue weighted by Gasteiger charge is -2.11. The zero-order valence-corrected chi connectivity index (χ0v) is 13.5.